The van der Waals surface area contributed by atoms with Crippen molar-refractivity contribution in [1.29, 1.82) is 0 Å². The van der Waals surface area contributed by atoms with Crippen molar-refractivity contribution in [2.24, 2.45) is 5.73 Å². The van der Waals surface area contributed by atoms with Gasteiger partial charge in [-0.15, -0.1) is 0 Å². The third kappa shape index (κ3) is 2.92. The minimum absolute atomic E-state index is 0.324. The van der Waals surface area contributed by atoms with Gasteiger partial charge in [-0.25, -0.2) is 0 Å². The molecule has 1 aromatic carbocycles. The number of hydrogen-bond acceptors (Lipinski definition) is 2. The van der Waals surface area contributed by atoms with Gasteiger partial charge < -0.3 is 10.3 Å². The van der Waals surface area contributed by atoms with Crippen LogP contribution in [-0.4, -0.2) is 22.6 Å². The van der Waals surface area contributed by atoms with Gasteiger partial charge in [0, 0.05) is 42.8 Å². The van der Waals surface area contributed by atoms with Gasteiger partial charge >= 0.3 is 0 Å². The number of rotatable bonds is 6. The smallest absolute Gasteiger partial charge is 0.0486 e. The van der Waals surface area contributed by atoms with E-state index in [0.717, 1.165) is 38.9 Å². The second-order valence-corrected chi connectivity index (χ2v) is 6.87. The van der Waals surface area contributed by atoms with Crippen LogP contribution in [-0.2, 0) is 26.1 Å². The molecule has 22 heavy (non-hydrogen) atoms. The monoisotopic (exact) mass is 299 g/mol. The Labute approximate surface area is 134 Å². The van der Waals surface area contributed by atoms with E-state index < -0.39 is 0 Å². The fraction of sp³-hybridized carbons (Fsp3) is 0.579. The lowest BCUT2D eigenvalue weighted by atomic mass is 10.0. The van der Waals surface area contributed by atoms with Gasteiger partial charge in [0.25, 0.3) is 0 Å². The maximum Gasteiger partial charge on any atom is 0.0486 e. The zero-order valence-electron chi connectivity index (χ0n) is 14.2. The molecule has 0 spiro atoms. The largest absolute Gasteiger partial charge is 0.347 e. The normalized spacial score (nSPS) is 16.4. The first kappa shape index (κ1) is 15.6. The van der Waals surface area contributed by atoms with Gasteiger partial charge in [-0.05, 0) is 61.6 Å². The molecule has 1 aliphatic rings. The van der Waals surface area contributed by atoms with E-state index in [4.69, 9.17) is 5.73 Å². The van der Waals surface area contributed by atoms with Crippen molar-refractivity contribution in [1.82, 2.24) is 9.47 Å². The van der Waals surface area contributed by atoms with Crippen LogP contribution >= 0.6 is 0 Å². The molecule has 1 aliphatic heterocycles. The summed E-state index contributed by atoms with van der Waals surface area (Å²) in [6, 6.07) is 5.19. The maximum atomic E-state index is 6.13. The molecule has 0 bridgehead atoms. The highest BCUT2D eigenvalue weighted by Crippen LogP contribution is 2.31. The highest BCUT2D eigenvalue weighted by molar-refractivity contribution is 5.86. The second kappa shape index (κ2) is 6.43. The summed E-state index contributed by atoms with van der Waals surface area (Å²) in [5.74, 6) is 0. The summed E-state index contributed by atoms with van der Waals surface area (Å²) in [5.41, 5.74) is 12.0. The summed E-state index contributed by atoms with van der Waals surface area (Å²) in [6.07, 6.45) is 6.79. The van der Waals surface area contributed by atoms with Crippen LogP contribution in [0.3, 0.4) is 0 Å². The summed E-state index contributed by atoms with van der Waals surface area (Å²) in [5, 5.41) is 1.45. The molecule has 2 N–H and O–H groups in total. The molecule has 3 rings (SSSR count). The first-order valence-corrected chi connectivity index (χ1v) is 8.70. The van der Waals surface area contributed by atoms with E-state index in [1.807, 2.05) is 0 Å². The molecule has 0 saturated heterocycles. The van der Waals surface area contributed by atoms with Crippen LogP contribution in [0.15, 0.2) is 18.3 Å². The average Bonchev–Trinajstić information content (AvgIpc) is 3.02. The molecule has 0 fully saturated rings. The van der Waals surface area contributed by atoms with Crippen molar-refractivity contribution in [2.75, 3.05) is 7.05 Å². The van der Waals surface area contributed by atoms with Crippen LogP contribution in [0.2, 0.25) is 0 Å². The standard InChI is InChI=1S/C19H29N3/c1-4-8-22-13-14(6-7-17(20)5-2)18-9-15-11-21(3)12-16(15)10-19(18)22/h9-10,13,17H,4-8,11-12,20H2,1-3H3. The first-order valence-electron chi connectivity index (χ1n) is 8.70. The predicted octanol–water partition coefficient (Wildman–Crippen LogP) is 3.67. The van der Waals surface area contributed by atoms with Crippen molar-refractivity contribution in [2.45, 2.75) is 65.2 Å². The zero-order valence-corrected chi connectivity index (χ0v) is 14.2. The van der Waals surface area contributed by atoms with Gasteiger partial charge in [-0.3, -0.25) is 4.90 Å². The molecule has 0 aliphatic carbocycles. The lowest BCUT2D eigenvalue weighted by molar-refractivity contribution is 0.353. The highest BCUT2D eigenvalue weighted by atomic mass is 15.1. The first-order chi connectivity index (χ1) is 10.6. The quantitative estimate of drug-likeness (QED) is 0.883. The third-order valence-electron chi connectivity index (χ3n) is 4.94. The lowest BCUT2D eigenvalue weighted by Gasteiger charge is -2.07. The van der Waals surface area contributed by atoms with E-state index in [0.29, 0.717) is 6.04 Å². The van der Waals surface area contributed by atoms with Crippen LogP contribution in [0.5, 0.6) is 0 Å². The predicted molar refractivity (Wildman–Crippen MR) is 94.0 cm³/mol. The van der Waals surface area contributed by atoms with Crippen LogP contribution in [0, 0.1) is 0 Å². The van der Waals surface area contributed by atoms with Gasteiger partial charge in [0.05, 0.1) is 0 Å². The fourth-order valence-corrected chi connectivity index (χ4v) is 3.60. The van der Waals surface area contributed by atoms with E-state index in [2.05, 4.69) is 48.7 Å². The molecule has 2 heterocycles. The number of fused-ring (bicyclic) bond motifs is 2. The van der Waals surface area contributed by atoms with Crippen LogP contribution in [0.1, 0.15) is 49.8 Å². The van der Waals surface area contributed by atoms with E-state index in [1.54, 1.807) is 0 Å². The topological polar surface area (TPSA) is 34.2 Å². The lowest BCUT2D eigenvalue weighted by Crippen LogP contribution is -2.18. The Kier molecular flexibility index (Phi) is 4.55. The Morgan fingerprint density at radius 1 is 1.18 bits per heavy atom. The summed E-state index contributed by atoms with van der Waals surface area (Å²) < 4.78 is 2.45. The second-order valence-electron chi connectivity index (χ2n) is 6.87. The molecule has 1 aromatic heterocycles. The zero-order chi connectivity index (χ0) is 15.7. The van der Waals surface area contributed by atoms with Crippen molar-refractivity contribution >= 4 is 10.9 Å². The number of benzene rings is 1. The molecule has 0 amide bonds. The molecule has 2 aromatic rings. The van der Waals surface area contributed by atoms with Gasteiger partial charge in [-0.1, -0.05) is 13.8 Å². The van der Waals surface area contributed by atoms with Crippen LogP contribution < -0.4 is 5.73 Å². The minimum atomic E-state index is 0.324. The number of aromatic nitrogens is 1. The molecule has 3 heteroatoms. The molecular formula is C19H29N3. The average molecular weight is 299 g/mol. The van der Waals surface area contributed by atoms with E-state index in [-0.39, 0.29) is 0 Å². The number of nitrogens with zero attached hydrogens (tertiary/aromatic N) is 2. The molecule has 120 valence electrons. The third-order valence-corrected chi connectivity index (χ3v) is 4.94. The van der Waals surface area contributed by atoms with Crippen molar-refractivity contribution in [3.63, 3.8) is 0 Å². The Morgan fingerprint density at radius 3 is 2.59 bits per heavy atom. The Bertz CT molecular complexity index is 656. The molecule has 1 unspecified atom stereocenters. The molecular weight excluding hydrogens is 270 g/mol. The number of hydrogen-bond donors (Lipinski definition) is 1. The van der Waals surface area contributed by atoms with Crippen molar-refractivity contribution < 1.29 is 0 Å². The summed E-state index contributed by atoms with van der Waals surface area (Å²) in [6.45, 7) is 7.69. The van der Waals surface area contributed by atoms with Gasteiger partial charge in [0.15, 0.2) is 0 Å². The molecule has 0 saturated carbocycles. The van der Waals surface area contributed by atoms with Gasteiger partial charge in [-0.2, -0.15) is 0 Å². The van der Waals surface area contributed by atoms with Gasteiger partial charge in [0.1, 0.15) is 0 Å². The summed E-state index contributed by atoms with van der Waals surface area (Å²) in [4.78, 5) is 2.39. The van der Waals surface area contributed by atoms with Crippen molar-refractivity contribution in [3.8, 4) is 0 Å². The maximum absolute atomic E-state index is 6.13. The minimum Gasteiger partial charge on any atom is -0.347 e. The molecule has 1 atom stereocenters. The summed E-state index contributed by atoms with van der Waals surface area (Å²) >= 11 is 0. The van der Waals surface area contributed by atoms with Crippen molar-refractivity contribution in [3.05, 3.63) is 35.0 Å². The van der Waals surface area contributed by atoms with Gasteiger partial charge in [0.2, 0.25) is 0 Å². The molecule has 0 radical (unpaired) electrons. The Hall–Kier alpha value is -1.32. The van der Waals surface area contributed by atoms with Crippen LogP contribution in [0.25, 0.3) is 10.9 Å². The van der Waals surface area contributed by atoms with E-state index in [1.165, 1.54) is 34.0 Å². The Balaban J connectivity index is 1.99. The molecule has 3 nitrogen and oxygen atoms in total. The SMILES string of the molecule is CCCn1cc(CCC(N)CC)c2cc3c(cc21)CN(C)C3. The van der Waals surface area contributed by atoms with E-state index in [9.17, 15) is 0 Å². The number of aryl methyl sites for hydroxylation is 2. The van der Waals surface area contributed by atoms with Crippen LogP contribution in [0.4, 0.5) is 0 Å². The highest BCUT2D eigenvalue weighted by Gasteiger charge is 2.19. The summed E-state index contributed by atoms with van der Waals surface area (Å²) in [7, 11) is 2.20. The van der Waals surface area contributed by atoms with E-state index >= 15 is 0 Å². The Morgan fingerprint density at radius 2 is 1.91 bits per heavy atom. The fourth-order valence-electron chi connectivity index (χ4n) is 3.60. The number of nitrogens with two attached hydrogens (primary N) is 1.